The van der Waals surface area contributed by atoms with E-state index in [2.05, 4.69) is 25.4 Å². The van der Waals surface area contributed by atoms with E-state index in [1.807, 2.05) is 41.9 Å². The number of H-pyrrole nitrogens is 1. The molecular formula is C20H23N7O. The van der Waals surface area contributed by atoms with Gasteiger partial charge in [0.25, 0.3) is 5.56 Å². The molecule has 8 heteroatoms. The molecule has 0 aliphatic carbocycles. The Balaban J connectivity index is 1.69. The van der Waals surface area contributed by atoms with Crippen molar-refractivity contribution in [2.75, 3.05) is 23.4 Å². The van der Waals surface area contributed by atoms with Gasteiger partial charge in [0.2, 0.25) is 5.95 Å². The van der Waals surface area contributed by atoms with Crippen molar-refractivity contribution < 1.29 is 0 Å². The van der Waals surface area contributed by atoms with Crippen LogP contribution in [0.3, 0.4) is 0 Å². The standard InChI is InChI=1S/C20H23N7O/c1-14-12-18(28)23-20(22-14)24-21-13-17-15(2)25-27(16-8-4-3-5-9-16)19(17)26-10-6-7-11-26/h3-5,8-9,12-13H,6-7,10-11H2,1-2H3,(H2,22,23,24,28)/b21-13-. The Kier molecular flexibility index (Phi) is 4.92. The Labute approximate surface area is 162 Å². The zero-order chi connectivity index (χ0) is 19.5. The molecule has 1 aliphatic rings. The van der Waals surface area contributed by atoms with Gasteiger partial charge in [0, 0.05) is 24.8 Å². The second-order valence-corrected chi connectivity index (χ2v) is 6.87. The highest BCUT2D eigenvalue weighted by Crippen LogP contribution is 2.29. The van der Waals surface area contributed by atoms with Crippen molar-refractivity contribution in [2.24, 2.45) is 5.10 Å². The number of aryl methyl sites for hydroxylation is 2. The van der Waals surface area contributed by atoms with E-state index in [-0.39, 0.29) is 5.56 Å². The van der Waals surface area contributed by atoms with Crippen LogP contribution in [0.4, 0.5) is 11.8 Å². The lowest BCUT2D eigenvalue weighted by molar-refractivity contribution is 0.815. The quantitative estimate of drug-likeness (QED) is 0.527. The molecule has 0 atom stereocenters. The van der Waals surface area contributed by atoms with Crippen LogP contribution in [0.2, 0.25) is 0 Å². The normalized spacial score (nSPS) is 14.1. The van der Waals surface area contributed by atoms with Gasteiger partial charge >= 0.3 is 0 Å². The van der Waals surface area contributed by atoms with Crippen LogP contribution >= 0.6 is 0 Å². The molecule has 144 valence electrons. The predicted molar refractivity (Wildman–Crippen MR) is 111 cm³/mol. The van der Waals surface area contributed by atoms with Crippen molar-refractivity contribution in [3.63, 3.8) is 0 Å². The molecule has 2 N–H and O–H groups in total. The molecule has 1 fully saturated rings. The summed E-state index contributed by atoms with van der Waals surface area (Å²) in [6.07, 6.45) is 4.09. The molecule has 1 aromatic carbocycles. The number of nitrogens with one attached hydrogen (secondary N) is 2. The molecule has 2 aromatic heterocycles. The minimum absolute atomic E-state index is 0.212. The van der Waals surface area contributed by atoms with Gasteiger partial charge in [-0.2, -0.15) is 10.2 Å². The first-order chi connectivity index (χ1) is 13.6. The molecule has 28 heavy (non-hydrogen) atoms. The first-order valence-corrected chi connectivity index (χ1v) is 9.39. The maximum absolute atomic E-state index is 11.6. The molecule has 1 aliphatic heterocycles. The van der Waals surface area contributed by atoms with Crippen molar-refractivity contribution in [1.82, 2.24) is 19.7 Å². The van der Waals surface area contributed by atoms with Gasteiger partial charge in [-0.1, -0.05) is 18.2 Å². The minimum Gasteiger partial charge on any atom is -0.356 e. The summed E-state index contributed by atoms with van der Waals surface area (Å²) < 4.78 is 1.98. The van der Waals surface area contributed by atoms with Crippen LogP contribution in [-0.2, 0) is 0 Å². The van der Waals surface area contributed by atoms with Crippen molar-refractivity contribution in [3.8, 4) is 5.69 Å². The van der Waals surface area contributed by atoms with Crippen LogP contribution in [0.5, 0.6) is 0 Å². The van der Waals surface area contributed by atoms with Crippen molar-refractivity contribution in [1.29, 1.82) is 0 Å². The Hall–Kier alpha value is -3.42. The lowest BCUT2D eigenvalue weighted by atomic mass is 10.2. The summed E-state index contributed by atoms with van der Waals surface area (Å²) in [5.74, 6) is 1.36. The van der Waals surface area contributed by atoms with Gasteiger partial charge < -0.3 is 4.90 Å². The summed E-state index contributed by atoms with van der Waals surface area (Å²) in [6.45, 7) is 5.74. The predicted octanol–water partition coefficient (Wildman–Crippen LogP) is 2.62. The first kappa shape index (κ1) is 18.0. The fraction of sp³-hybridized carbons (Fsp3) is 0.300. The average molecular weight is 377 g/mol. The van der Waals surface area contributed by atoms with E-state index in [0.29, 0.717) is 11.6 Å². The molecule has 0 radical (unpaired) electrons. The molecule has 1 saturated heterocycles. The number of nitrogens with zero attached hydrogens (tertiary/aromatic N) is 5. The number of para-hydroxylation sites is 1. The van der Waals surface area contributed by atoms with Crippen LogP contribution in [0.1, 0.15) is 29.8 Å². The number of rotatable bonds is 5. The van der Waals surface area contributed by atoms with Gasteiger partial charge in [-0.25, -0.2) is 15.1 Å². The third-order valence-electron chi connectivity index (χ3n) is 4.72. The van der Waals surface area contributed by atoms with Crippen LogP contribution in [-0.4, -0.2) is 39.1 Å². The van der Waals surface area contributed by atoms with E-state index in [9.17, 15) is 4.79 Å². The highest BCUT2D eigenvalue weighted by molar-refractivity contribution is 5.89. The van der Waals surface area contributed by atoms with Gasteiger partial charge in [0.15, 0.2) is 0 Å². The van der Waals surface area contributed by atoms with E-state index in [4.69, 9.17) is 5.10 Å². The number of benzene rings is 1. The molecule has 3 heterocycles. The summed E-state index contributed by atoms with van der Waals surface area (Å²) in [4.78, 5) is 20.8. The number of aromatic nitrogens is 4. The molecule has 0 unspecified atom stereocenters. The number of hydrazone groups is 1. The average Bonchev–Trinajstić information content (AvgIpc) is 3.30. The fourth-order valence-electron chi connectivity index (χ4n) is 3.45. The van der Waals surface area contributed by atoms with Crippen molar-refractivity contribution >= 4 is 18.0 Å². The summed E-state index contributed by atoms with van der Waals surface area (Å²) >= 11 is 0. The van der Waals surface area contributed by atoms with E-state index < -0.39 is 0 Å². The van der Waals surface area contributed by atoms with Crippen LogP contribution < -0.4 is 15.9 Å². The highest BCUT2D eigenvalue weighted by Gasteiger charge is 2.23. The number of aromatic amines is 1. The molecule has 0 saturated carbocycles. The first-order valence-electron chi connectivity index (χ1n) is 9.39. The number of hydrogen-bond acceptors (Lipinski definition) is 6. The zero-order valence-corrected chi connectivity index (χ0v) is 16.0. The van der Waals surface area contributed by atoms with Crippen LogP contribution in [0, 0.1) is 13.8 Å². The van der Waals surface area contributed by atoms with E-state index in [1.54, 1.807) is 13.1 Å². The van der Waals surface area contributed by atoms with Gasteiger partial charge in [-0.3, -0.25) is 9.78 Å². The summed E-state index contributed by atoms with van der Waals surface area (Å²) in [5, 5.41) is 9.07. The molecule has 8 nitrogen and oxygen atoms in total. The van der Waals surface area contributed by atoms with E-state index in [1.165, 1.54) is 18.9 Å². The maximum Gasteiger partial charge on any atom is 0.252 e. The second-order valence-electron chi connectivity index (χ2n) is 6.87. The zero-order valence-electron chi connectivity index (χ0n) is 16.0. The van der Waals surface area contributed by atoms with Gasteiger partial charge in [-0.05, 0) is 38.8 Å². The largest absolute Gasteiger partial charge is 0.356 e. The van der Waals surface area contributed by atoms with E-state index in [0.717, 1.165) is 35.9 Å². The summed E-state index contributed by atoms with van der Waals surface area (Å²) in [6, 6.07) is 11.6. The molecular weight excluding hydrogens is 354 g/mol. The van der Waals surface area contributed by atoms with Crippen molar-refractivity contribution in [2.45, 2.75) is 26.7 Å². The third kappa shape index (κ3) is 3.66. The molecule has 0 spiro atoms. The number of hydrogen-bond donors (Lipinski definition) is 2. The number of anilines is 2. The molecule has 4 rings (SSSR count). The lowest BCUT2D eigenvalue weighted by Gasteiger charge is -2.20. The smallest absolute Gasteiger partial charge is 0.252 e. The topological polar surface area (TPSA) is 91.2 Å². The lowest BCUT2D eigenvalue weighted by Crippen LogP contribution is -2.22. The fourth-order valence-corrected chi connectivity index (χ4v) is 3.45. The second kappa shape index (κ2) is 7.67. The molecule has 3 aromatic rings. The minimum atomic E-state index is -0.212. The van der Waals surface area contributed by atoms with Gasteiger partial charge in [-0.15, -0.1) is 0 Å². The van der Waals surface area contributed by atoms with Crippen LogP contribution in [0.15, 0.2) is 46.3 Å². The summed E-state index contributed by atoms with van der Waals surface area (Å²) in [5.41, 5.74) is 6.10. The summed E-state index contributed by atoms with van der Waals surface area (Å²) in [7, 11) is 0. The SMILES string of the molecule is Cc1cc(=O)[nH]c(N/N=C\c2c(C)nn(-c3ccccc3)c2N2CCCC2)n1. The third-order valence-corrected chi connectivity index (χ3v) is 4.72. The van der Waals surface area contributed by atoms with Crippen molar-refractivity contribution in [3.05, 3.63) is 63.7 Å². The van der Waals surface area contributed by atoms with Crippen LogP contribution in [0.25, 0.3) is 5.69 Å². The molecule has 0 bridgehead atoms. The Bertz CT molecular complexity index is 1050. The monoisotopic (exact) mass is 377 g/mol. The Morgan fingerprint density at radius 3 is 2.64 bits per heavy atom. The highest BCUT2D eigenvalue weighted by atomic mass is 16.1. The Morgan fingerprint density at radius 2 is 1.93 bits per heavy atom. The Morgan fingerprint density at radius 1 is 1.18 bits per heavy atom. The van der Waals surface area contributed by atoms with Gasteiger partial charge in [0.05, 0.1) is 23.2 Å². The van der Waals surface area contributed by atoms with Gasteiger partial charge in [0.1, 0.15) is 5.82 Å². The maximum atomic E-state index is 11.6. The molecule has 0 amide bonds. The van der Waals surface area contributed by atoms with E-state index >= 15 is 0 Å².